The number of pyridine rings is 1. The van der Waals surface area contributed by atoms with Crippen LogP contribution >= 0.6 is 0 Å². The number of aromatic nitrogens is 1. The lowest BCUT2D eigenvalue weighted by Gasteiger charge is -2.42. The minimum absolute atomic E-state index is 0.0307. The second kappa shape index (κ2) is 5.95. The van der Waals surface area contributed by atoms with E-state index in [1.54, 1.807) is 4.90 Å². The number of amides is 1. The second-order valence-electron chi connectivity index (χ2n) is 5.57. The Bertz CT molecular complexity index is 596. The predicted molar refractivity (Wildman–Crippen MR) is 72.3 cm³/mol. The zero-order valence-electron chi connectivity index (χ0n) is 12.1. The molecule has 3 heterocycles. The number of alkyl halides is 3. The van der Waals surface area contributed by atoms with Gasteiger partial charge in [0.25, 0.3) is 0 Å². The monoisotopic (exact) mass is 333 g/mol. The first-order chi connectivity index (χ1) is 10.9. The van der Waals surface area contributed by atoms with Crippen molar-refractivity contribution < 1.29 is 27.1 Å². The summed E-state index contributed by atoms with van der Waals surface area (Å²) in [6.07, 6.45) is -4.02. The lowest BCUT2D eigenvalue weighted by atomic mass is 9.98. The predicted octanol–water partition coefficient (Wildman–Crippen LogP) is 1.53. The van der Waals surface area contributed by atoms with Gasteiger partial charge in [0.2, 0.25) is 5.91 Å². The molecule has 126 valence electrons. The van der Waals surface area contributed by atoms with Crippen LogP contribution in [0.3, 0.4) is 0 Å². The second-order valence-corrected chi connectivity index (χ2v) is 5.57. The van der Waals surface area contributed by atoms with Crippen LogP contribution in [0.2, 0.25) is 0 Å². The van der Waals surface area contributed by atoms with Crippen LogP contribution in [0.4, 0.5) is 23.4 Å². The van der Waals surface area contributed by atoms with Crippen molar-refractivity contribution in [1.29, 1.82) is 0 Å². The van der Waals surface area contributed by atoms with E-state index in [9.17, 15) is 22.4 Å². The number of carbonyl (C=O) groups excluding carboxylic acids is 1. The number of ether oxygens (including phenoxy) is 1. The fraction of sp³-hybridized carbons (Fsp3) is 0.571. The summed E-state index contributed by atoms with van der Waals surface area (Å²) in [5.41, 5.74) is -1.12. The molecule has 0 N–H and O–H groups in total. The summed E-state index contributed by atoms with van der Waals surface area (Å²) in [5, 5.41) is 0. The quantitative estimate of drug-likeness (QED) is 0.770. The highest BCUT2D eigenvalue weighted by Crippen LogP contribution is 2.32. The number of anilines is 1. The van der Waals surface area contributed by atoms with Gasteiger partial charge in [-0.3, -0.25) is 4.79 Å². The van der Waals surface area contributed by atoms with E-state index in [-0.39, 0.29) is 30.7 Å². The Hall–Kier alpha value is -1.90. The number of rotatable bonds is 2. The van der Waals surface area contributed by atoms with Gasteiger partial charge in [0.05, 0.1) is 24.7 Å². The molecule has 2 aliphatic heterocycles. The zero-order valence-corrected chi connectivity index (χ0v) is 12.1. The van der Waals surface area contributed by atoms with Crippen molar-refractivity contribution in [3.63, 3.8) is 0 Å². The number of hydrogen-bond acceptors (Lipinski definition) is 4. The van der Waals surface area contributed by atoms with E-state index in [2.05, 4.69) is 4.98 Å². The normalized spacial score (nSPS) is 19.7. The molecule has 0 saturated carbocycles. The fourth-order valence-corrected chi connectivity index (χ4v) is 2.67. The van der Waals surface area contributed by atoms with Crippen LogP contribution in [-0.2, 0) is 15.7 Å². The van der Waals surface area contributed by atoms with Gasteiger partial charge in [-0.05, 0) is 6.07 Å². The molecule has 0 bridgehead atoms. The first-order valence-electron chi connectivity index (χ1n) is 7.20. The van der Waals surface area contributed by atoms with Crippen molar-refractivity contribution in [3.8, 4) is 0 Å². The van der Waals surface area contributed by atoms with Crippen molar-refractivity contribution >= 4 is 11.7 Å². The van der Waals surface area contributed by atoms with Gasteiger partial charge in [0.1, 0.15) is 0 Å². The standard InChI is InChI=1S/C14H15F4N3O2/c15-11-5-10(14(16,17)18)6-19-12(11)21-7-9(8-21)13(22)20-1-3-23-4-2-20/h5-6,9H,1-4,7-8H2. The third-order valence-electron chi connectivity index (χ3n) is 4.00. The van der Waals surface area contributed by atoms with Gasteiger partial charge in [-0.2, -0.15) is 13.2 Å². The molecule has 2 aliphatic rings. The Labute approximate surface area is 129 Å². The summed E-state index contributed by atoms with van der Waals surface area (Å²) < 4.78 is 56.5. The maximum absolute atomic E-state index is 13.8. The van der Waals surface area contributed by atoms with Crippen molar-refractivity contribution in [1.82, 2.24) is 9.88 Å². The summed E-state index contributed by atoms with van der Waals surface area (Å²) in [5.74, 6) is -1.49. The average Bonchev–Trinajstić information content (AvgIpc) is 2.47. The molecule has 0 spiro atoms. The van der Waals surface area contributed by atoms with Crippen molar-refractivity contribution in [3.05, 3.63) is 23.6 Å². The maximum Gasteiger partial charge on any atom is 0.417 e. The van der Waals surface area contributed by atoms with E-state index < -0.39 is 17.6 Å². The third kappa shape index (κ3) is 3.24. The summed E-state index contributed by atoms with van der Waals surface area (Å²) in [6, 6.07) is 0.430. The van der Waals surface area contributed by atoms with E-state index in [1.807, 2.05) is 0 Å². The van der Waals surface area contributed by atoms with Gasteiger partial charge in [-0.1, -0.05) is 0 Å². The molecule has 0 aliphatic carbocycles. The molecule has 23 heavy (non-hydrogen) atoms. The number of nitrogens with zero attached hydrogens (tertiary/aromatic N) is 3. The van der Waals surface area contributed by atoms with E-state index >= 15 is 0 Å². The van der Waals surface area contributed by atoms with E-state index in [4.69, 9.17) is 4.74 Å². The highest BCUT2D eigenvalue weighted by atomic mass is 19.4. The first-order valence-corrected chi connectivity index (χ1v) is 7.20. The maximum atomic E-state index is 13.8. The van der Waals surface area contributed by atoms with Gasteiger partial charge in [0, 0.05) is 32.4 Å². The summed E-state index contributed by atoms with van der Waals surface area (Å²) in [7, 11) is 0. The molecule has 2 saturated heterocycles. The SMILES string of the molecule is O=C(C1CN(c2ncc(C(F)(F)F)cc2F)C1)N1CCOCC1. The third-order valence-corrected chi connectivity index (χ3v) is 4.00. The minimum atomic E-state index is -4.63. The van der Waals surface area contributed by atoms with Gasteiger partial charge < -0.3 is 14.5 Å². The highest BCUT2D eigenvalue weighted by Gasteiger charge is 2.38. The van der Waals surface area contributed by atoms with Crippen LogP contribution in [0, 0.1) is 11.7 Å². The first kappa shape index (κ1) is 16.0. The number of morpholine rings is 1. The molecule has 1 amide bonds. The fourth-order valence-electron chi connectivity index (χ4n) is 2.67. The molecule has 0 unspecified atom stereocenters. The zero-order chi connectivity index (χ0) is 16.6. The molecule has 0 atom stereocenters. The van der Waals surface area contributed by atoms with Crippen LogP contribution < -0.4 is 4.90 Å². The van der Waals surface area contributed by atoms with Crippen LogP contribution in [0.1, 0.15) is 5.56 Å². The molecule has 0 aromatic carbocycles. The largest absolute Gasteiger partial charge is 0.417 e. The summed E-state index contributed by atoms with van der Waals surface area (Å²) >= 11 is 0. The van der Waals surface area contributed by atoms with Crippen LogP contribution in [0.5, 0.6) is 0 Å². The van der Waals surface area contributed by atoms with Gasteiger partial charge in [-0.25, -0.2) is 9.37 Å². The molecule has 5 nitrogen and oxygen atoms in total. The summed E-state index contributed by atoms with van der Waals surface area (Å²) in [6.45, 7) is 2.57. The lowest BCUT2D eigenvalue weighted by molar-refractivity contribution is -0.140. The lowest BCUT2D eigenvalue weighted by Crippen LogP contribution is -2.56. The van der Waals surface area contributed by atoms with Crippen LogP contribution in [0.15, 0.2) is 12.3 Å². The van der Waals surface area contributed by atoms with Crippen molar-refractivity contribution in [2.75, 3.05) is 44.3 Å². The Balaban J connectivity index is 1.62. The molecule has 1 aromatic rings. The molecular formula is C14H15F4N3O2. The molecule has 2 fully saturated rings. The Morgan fingerprint density at radius 2 is 1.91 bits per heavy atom. The Morgan fingerprint density at radius 1 is 1.26 bits per heavy atom. The topological polar surface area (TPSA) is 45.7 Å². The van der Waals surface area contributed by atoms with Crippen molar-refractivity contribution in [2.24, 2.45) is 5.92 Å². The summed E-state index contributed by atoms with van der Waals surface area (Å²) in [4.78, 5) is 18.9. The Kier molecular flexibility index (Phi) is 4.13. The number of halogens is 4. The number of hydrogen-bond donors (Lipinski definition) is 0. The molecule has 1 aromatic heterocycles. The average molecular weight is 333 g/mol. The minimum Gasteiger partial charge on any atom is -0.378 e. The molecule has 3 rings (SSSR count). The van der Waals surface area contributed by atoms with Gasteiger partial charge in [-0.15, -0.1) is 0 Å². The molecule has 0 radical (unpaired) electrons. The molecule has 9 heteroatoms. The number of carbonyl (C=O) groups is 1. The van der Waals surface area contributed by atoms with E-state index in [0.29, 0.717) is 38.6 Å². The van der Waals surface area contributed by atoms with Gasteiger partial charge >= 0.3 is 6.18 Å². The van der Waals surface area contributed by atoms with Crippen LogP contribution in [-0.4, -0.2) is 55.2 Å². The smallest absolute Gasteiger partial charge is 0.378 e. The molecular weight excluding hydrogens is 318 g/mol. The van der Waals surface area contributed by atoms with Gasteiger partial charge in [0.15, 0.2) is 11.6 Å². The Morgan fingerprint density at radius 3 is 2.48 bits per heavy atom. The highest BCUT2D eigenvalue weighted by molar-refractivity contribution is 5.82. The van der Waals surface area contributed by atoms with E-state index in [0.717, 1.165) is 0 Å². The van der Waals surface area contributed by atoms with Crippen LogP contribution in [0.25, 0.3) is 0 Å². The van der Waals surface area contributed by atoms with Crippen molar-refractivity contribution in [2.45, 2.75) is 6.18 Å². The van der Waals surface area contributed by atoms with E-state index in [1.165, 1.54) is 4.90 Å².